The molecule has 1 aliphatic rings. The van der Waals surface area contributed by atoms with Crippen molar-refractivity contribution in [1.29, 1.82) is 0 Å². The van der Waals surface area contributed by atoms with Crippen molar-refractivity contribution in [2.75, 3.05) is 0 Å². The molecule has 126 valence electrons. The van der Waals surface area contributed by atoms with Crippen LogP contribution in [0.2, 0.25) is 10.0 Å². The number of hydrogen-bond donors (Lipinski definition) is 0. The van der Waals surface area contributed by atoms with Crippen LogP contribution >= 0.6 is 34.5 Å². The molecule has 6 heteroatoms. The van der Waals surface area contributed by atoms with Crippen molar-refractivity contribution in [2.45, 2.75) is 12.8 Å². The van der Waals surface area contributed by atoms with E-state index in [1.54, 1.807) is 18.2 Å². The quantitative estimate of drug-likeness (QED) is 0.414. The monoisotopic (exact) mass is 390 g/mol. The molecule has 0 bridgehead atoms. The number of halogens is 2. The van der Waals surface area contributed by atoms with E-state index in [0.717, 1.165) is 15.3 Å². The van der Waals surface area contributed by atoms with Gasteiger partial charge in [-0.25, -0.2) is 0 Å². The van der Waals surface area contributed by atoms with Crippen molar-refractivity contribution in [3.05, 3.63) is 69.1 Å². The normalized spacial score (nSPS) is 16.0. The minimum atomic E-state index is -1.06. The predicted octanol–water partition coefficient (Wildman–Crippen LogP) is 4.95. The SMILES string of the molecule is C=C1C(=O)C(=C)C(=O)C(c2cc(-c3ccc(Cl)c(Cl)c3)sc2C)C1=O. The highest BCUT2D eigenvalue weighted by Crippen LogP contribution is 2.40. The third-order valence-corrected chi connectivity index (χ3v) is 5.99. The molecule has 1 saturated carbocycles. The second kappa shape index (κ2) is 6.37. The molecule has 0 atom stereocenters. The van der Waals surface area contributed by atoms with Crippen molar-refractivity contribution in [3.8, 4) is 10.4 Å². The van der Waals surface area contributed by atoms with E-state index < -0.39 is 23.3 Å². The van der Waals surface area contributed by atoms with E-state index in [9.17, 15) is 14.4 Å². The molecule has 1 heterocycles. The van der Waals surface area contributed by atoms with Gasteiger partial charge >= 0.3 is 0 Å². The van der Waals surface area contributed by atoms with E-state index in [-0.39, 0.29) is 11.1 Å². The van der Waals surface area contributed by atoms with Crippen LogP contribution in [0.25, 0.3) is 10.4 Å². The first-order valence-corrected chi connectivity index (χ1v) is 8.86. The molecule has 1 aliphatic carbocycles. The molecule has 0 N–H and O–H groups in total. The van der Waals surface area contributed by atoms with Gasteiger partial charge in [0.05, 0.1) is 21.2 Å². The Labute approximate surface area is 158 Å². The van der Waals surface area contributed by atoms with Crippen LogP contribution in [0.15, 0.2) is 48.6 Å². The van der Waals surface area contributed by atoms with Crippen molar-refractivity contribution in [3.63, 3.8) is 0 Å². The minimum Gasteiger partial charge on any atom is -0.293 e. The Morgan fingerprint density at radius 3 is 2.12 bits per heavy atom. The smallest absolute Gasteiger partial charge is 0.199 e. The van der Waals surface area contributed by atoms with Gasteiger partial charge in [-0.1, -0.05) is 42.4 Å². The largest absolute Gasteiger partial charge is 0.293 e. The summed E-state index contributed by atoms with van der Waals surface area (Å²) in [5.74, 6) is -2.87. The third kappa shape index (κ3) is 2.91. The average Bonchev–Trinajstić information content (AvgIpc) is 2.95. The Morgan fingerprint density at radius 1 is 0.960 bits per heavy atom. The number of thiophene rings is 1. The molecule has 1 aromatic heterocycles. The lowest BCUT2D eigenvalue weighted by Crippen LogP contribution is -2.35. The van der Waals surface area contributed by atoms with Crippen LogP contribution in [0.4, 0.5) is 0 Å². The van der Waals surface area contributed by atoms with E-state index in [0.29, 0.717) is 15.6 Å². The molecule has 1 aromatic carbocycles. The minimum absolute atomic E-state index is 0.198. The molecule has 1 fully saturated rings. The molecule has 25 heavy (non-hydrogen) atoms. The highest BCUT2D eigenvalue weighted by Gasteiger charge is 2.42. The average molecular weight is 391 g/mol. The summed E-state index contributed by atoms with van der Waals surface area (Å²) in [6.07, 6.45) is 0. The molecule has 0 saturated heterocycles. The predicted molar refractivity (Wildman–Crippen MR) is 101 cm³/mol. The van der Waals surface area contributed by atoms with Gasteiger partial charge in [0.25, 0.3) is 0 Å². The first kappa shape index (κ1) is 17.8. The van der Waals surface area contributed by atoms with Crippen LogP contribution < -0.4 is 0 Å². The summed E-state index contributed by atoms with van der Waals surface area (Å²) in [6, 6.07) is 7.00. The van der Waals surface area contributed by atoms with Crippen molar-refractivity contribution in [1.82, 2.24) is 0 Å². The number of rotatable bonds is 2. The molecule has 0 spiro atoms. The van der Waals surface area contributed by atoms with Gasteiger partial charge in [0.1, 0.15) is 5.92 Å². The molecule has 0 radical (unpaired) electrons. The lowest BCUT2D eigenvalue weighted by Gasteiger charge is -2.21. The highest BCUT2D eigenvalue weighted by molar-refractivity contribution is 7.15. The zero-order chi connectivity index (χ0) is 18.5. The molecule has 0 aliphatic heterocycles. The molecule has 2 aromatic rings. The van der Waals surface area contributed by atoms with Crippen molar-refractivity contribution in [2.24, 2.45) is 0 Å². The molecular weight excluding hydrogens is 379 g/mol. The van der Waals surface area contributed by atoms with Crippen molar-refractivity contribution < 1.29 is 14.4 Å². The number of ketones is 3. The summed E-state index contributed by atoms with van der Waals surface area (Å²) in [5, 5.41) is 0.867. The zero-order valence-electron chi connectivity index (χ0n) is 13.2. The maximum Gasteiger partial charge on any atom is 0.199 e. The van der Waals surface area contributed by atoms with Crippen LogP contribution in [0.5, 0.6) is 0 Å². The van der Waals surface area contributed by atoms with Gasteiger partial charge in [0, 0.05) is 9.75 Å². The number of allylic oxidation sites excluding steroid dienone is 2. The summed E-state index contributed by atoms with van der Waals surface area (Å²) in [4.78, 5) is 38.4. The van der Waals surface area contributed by atoms with Gasteiger partial charge in [-0.2, -0.15) is 0 Å². The van der Waals surface area contributed by atoms with E-state index >= 15 is 0 Å². The van der Waals surface area contributed by atoms with Gasteiger partial charge in [0.2, 0.25) is 0 Å². The Kier molecular flexibility index (Phi) is 4.54. The van der Waals surface area contributed by atoms with Crippen LogP contribution in [0.1, 0.15) is 16.4 Å². The standard InChI is InChI=1S/C19H12Cl2O3S/c1-8-17(22)9(2)19(24)16(18(8)23)12-7-15(25-10(12)3)11-4-5-13(20)14(21)6-11/h4-7,16H,1-2H2,3H3. The lowest BCUT2D eigenvalue weighted by atomic mass is 9.76. The summed E-state index contributed by atoms with van der Waals surface area (Å²) in [7, 11) is 0. The second-order valence-electron chi connectivity index (χ2n) is 5.70. The molecule has 0 amide bonds. The Hall–Kier alpha value is -2.01. The van der Waals surface area contributed by atoms with Crippen LogP contribution in [-0.2, 0) is 14.4 Å². The third-order valence-electron chi connectivity index (χ3n) is 4.14. The number of aryl methyl sites for hydroxylation is 1. The van der Waals surface area contributed by atoms with Crippen LogP contribution in [0, 0.1) is 6.92 Å². The van der Waals surface area contributed by atoms with E-state index in [4.69, 9.17) is 23.2 Å². The van der Waals surface area contributed by atoms with Gasteiger partial charge < -0.3 is 0 Å². The van der Waals surface area contributed by atoms with Gasteiger partial charge in [-0.05, 0) is 36.2 Å². The number of carbonyl (C=O) groups excluding carboxylic acids is 3. The fraction of sp³-hybridized carbons (Fsp3) is 0.105. The summed E-state index contributed by atoms with van der Waals surface area (Å²) in [6.45, 7) is 8.85. The molecular formula is C19H12Cl2O3S. The summed E-state index contributed by atoms with van der Waals surface area (Å²) >= 11 is 13.4. The lowest BCUT2D eigenvalue weighted by molar-refractivity contribution is -0.130. The topological polar surface area (TPSA) is 51.2 Å². The Bertz CT molecular complexity index is 955. The Morgan fingerprint density at radius 2 is 1.56 bits per heavy atom. The van der Waals surface area contributed by atoms with Gasteiger partial charge in [0.15, 0.2) is 17.3 Å². The first-order chi connectivity index (χ1) is 11.7. The number of benzene rings is 1. The number of carbonyl (C=O) groups is 3. The first-order valence-electron chi connectivity index (χ1n) is 7.29. The van der Waals surface area contributed by atoms with Crippen LogP contribution in [-0.4, -0.2) is 17.3 Å². The molecule has 3 nitrogen and oxygen atoms in total. The summed E-state index contributed by atoms with van der Waals surface area (Å²) in [5.41, 5.74) is 1.00. The fourth-order valence-electron chi connectivity index (χ4n) is 2.73. The van der Waals surface area contributed by atoms with E-state index in [2.05, 4.69) is 13.2 Å². The van der Waals surface area contributed by atoms with Crippen LogP contribution in [0.3, 0.4) is 0 Å². The molecule has 0 unspecified atom stereocenters. The summed E-state index contributed by atoms with van der Waals surface area (Å²) < 4.78 is 0. The van der Waals surface area contributed by atoms with E-state index in [1.807, 2.05) is 13.0 Å². The fourth-order valence-corrected chi connectivity index (χ4v) is 4.08. The maximum absolute atomic E-state index is 12.5. The Balaban J connectivity index is 2.08. The second-order valence-corrected chi connectivity index (χ2v) is 7.77. The number of hydrogen-bond acceptors (Lipinski definition) is 4. The zero-order valence-corrected chi connectivity index (χ0v) is 15.5. The van der Waals surface area contributed by atoms with Gasteiger partial charge in [-0.3, -0.25) is 14.4 Å². The maximum atomic E-state index is 12.5. The van der Waals surface area contributed by atoms with Crippen molar-refractivity contribution >= 4 is 51.9 Å². The van der Waals surface area contributed by atoms with Gasteiger partial charge in [-0.15, -0.1) is 11.3 Å². The molecule has 3 rings (SSSR count). The number of Topliss-reactive ketones (excluding diaryl/α,β-unsaturated/α-hetero) is 3. The highest BCUT2D eigenvalue weighted by atomic mass is 35.5. The van der Waals surface area contributed by atoms with E-state index in [1.165, 1.54) is 11.3 Å².